The lowest BCUT2D eigenvalue weighted by molar-refractivity contribution is -0.385. The molecule has 0 amide bonds. The van der Waals surface area contributed by atoms with Crippen LogP contribution in [-0.4, -0.2) is 21.1 Å². The van der Waals surface area contributed by atoms with E-state index < -0.39 is 17.0 Å². The van der Waals surface area contributed by atoms with Crippen molar-refractivity contribution in [3.8, 4) is 0 Å². The third kappa shape index (κ3) is 3.59. The summed E-state index contributed by atoms with van der Waals surface area (Å²) >= 11 is 0. The first-order valence-electron chi connectivity index (χ1n) is 7.86. The molecule has 0 aliphatic heterocycles. The highest BCUT2D eigenvalue weighted by atomic mass is 16.6. The Morgan fingerprint density at radius 3 is 2.69 bits per heavy atom. The fraction of sp³-hybridized carbons (Fsp3) is 0.167. The van der Waals surface area contributed by atoms with E-state index in [1.807, 2.05) is 0 Å². The lowest BCUT2D eigenvalue weighted by Gasteiger charge is -2.13. The Bertz CT molecular complexity index is 1040. The van der Waals surface area contributed by atoms with Crippen molar-refractivity contribution in [1.82, 2.24) is 10.2 Å². The number of carbonyl (C=O) groups excluding carboxylic acids is 1. The molecule has 0 unspecified atom stereocenters. The molecule has 26 heavy (non-hydrogen) atoms. The number of hydrogen-bond donors (Lipinski definition) is 1. The first kappa shape index (κ1) is 17.3. The van der Waals surface area contributed by atoms with Gasteiger partial charge in [-0.2, -0.15) is 5.10 Å². The number of ether oxygens (including phenoxy) is 1. The molecule has 0 saturated heterocycles. The molecule has 8 heteroatoms. The van der Waals surface area contributed by atoms with Crippen molar-refractivity contribution in [3.63, 3.8) is 0 Å². The fourth-order valence-electron chi connectivity index (χ4n) is 2.64. The second-order valence-electron chi connectivity index (χ2n) is 5.71. The predicted molar refractivity (Wildman–Crippen MR) is 93.7 cm³/mol. The standard InChI is InChI=1S/C18H15N3O5/c1-11(12-5-4-6-13(9-12)21(24)25)26-17(22)10-16-14-7-2-3-8-15(14)18(23)20-19-16/h2-9,11H,10H2,1H3,(H,20,23)/t11-/m0/s1. The third-order valence-electron chi connectivity index (χ3n) is 3.95. The highest BCUT2D eigenvalue weighted by molar-refractivity contribution is 5.86. The molecule has 0 bridgehead atoms. The first-order chi connectivity index (χ1) is 12.5. The fourth-order valence-corrected chi connectivity index (χ4v) is 2.64. The molecule has 0 radical (unpaired) electrons. The topological polar surface area (TPSA) is 115 Å². The van der Waals surface area contributed by atoms with Gasteiger partial charge in [-0.15, -0.1) is 0 Å². The molecule has 0 aliphatic carbocycles. The summed E-state index contributed by atoms with van der Waals surface area (Å²) in [6.07, 6.45) is -0.785. The number of hydrogen-bond acceptors (Lipinski definition) is 6. The number of carbonyl (C=O) groups is 1. The van der Waals surface area contributed by atoms with Crippen molar-refractivity contribution in [2.45, 2.75) is 19.4 Å². The molecule has 3 aromatic rings. The van der Waals surface area contributed by atoms with E-state index in [0.29, 0.717) is 22.0 Å². The average Bonchev–Trinajstić information content (AvgIpc) is 2.64. The molecule has 3 rings (SSSR count). The van der Waals surface area contributed by atoms with Crippen LogP contribution in [0.3, 0.4) is 0 Å². The lowest BCUT2D eigenvalue weighted by Crippen LogP contribution is -2.16. The van der Waals surface area contributed by atoms with Gasteiger partial charge in [-0.05, 0) is 18.6 Å². The number of esters is 1. The SMILES string of the molecule is C[C@H](OC(=O)Cc1n[nH]c(=O)c2ccccc12)c1cccc([N+](=O)[O-])c1. The third-order valence-corrected chi connectivity index (χ3v) is 3.95. The Balaban J connectivity index is 1.77. The smallest absolute Gasteiger partial charge is 0.312 e. The van der Waals surface area contributed by atoms with E-state index in [9.17, 15) is 19.7 Å². The van der Waals surface area contributed by atoms with Crippen LogP contribution in [-0.2, 0) is 16.0 Å². The van der Waals surface area contributed by atoms with Crippen molar-refractivity contribution >= 4 is 22.4 Å². The number of nitrogens with zero attached hydrogens (tertiary/aromatic N) is 2. The van der Waals surface area contributed by atoms with Gasteiger partial charge in [0.05, 0.1) is 22.4 Å². The molecule has 1 aromatic heterocycles. The van der Waals surface area contributed by atoms with E-state index in [1.165, 1.54) is 18.2 Å². The summed E-state index contributed by atoms with van der Waals surface area (Å²) in [7, 11) is 0. The highest BCUT2D eigenvalue weighted by Crippen LogP contribution is 2.22. The number of nitro groups is 1. The van der Waals surface area contributed by atoms with E-state index in [2.05, 4.69) is 10.2 Å². The molecule has 0 fully saturated rings. The molecule has 1 N–H and O–H groups in total. The average molecular weight is 353 g/mol. The summed E-state index contributed by atoms with van der Waals surface area (Å²) in [4.78, 5) is 34.4. The number of aromatic amines is 1. The predicted octanol–water partition coefficient (Wildman–Crippen LogP) is 2.68. The lowest BCUT2D eigenvalue weighted by atomic mass is 10.1. The summed E-state index contributed by atoms with van der Waals surface area (Å²) < 4.78 is 5.36. The molecule has 1 atom stereocenters. The molecule has 8 nitrogen and oxygen atoms in total. The van der Waals surface area contributed by atoms with Crippen LogP contribution in [0.2, 0.25) is 0 Å². The van der Waals surface area contributed by atoms with Gasteiger partial charge in [0.1, 0.15) is 6.10 Å². The van der Waals surface area contributed by atoms with Gasteiger partial charge >= 0.3 is 5.97 Å². The van der Waals surface area contributed by atoms with E-state index >= 15 is 0 Å². The van der Waals surface area contributed by atoms with Crippen LogP contribution in [0, 0.1) is 10.1 Å². The summed E-state index contributed by atoms with van der Waals surface area (Å²) in [6, 6.07) is 12.8. The number of H-pyrrole nitrogens is 1. The second kappa shape index (κ2) is 7.14. The van der Waals surface area contributed by atoms with Crippen molar-refractivity contribution < 1.29 is 14.5 Å². The maximum atomic E-state index is 12.3. The second-order valence-corrected chi connectivity index (χ2v) is 5.71. The molecular weight excluding hydrogens is 338 g/mol. The number of nitrogens with one attached hydrogen (secondary N) is 1. The molecule has 2 aromatic carbocycles. The molecule has 1 heterocycles. The summed E-state index contributed by atoms with van der Waals surface area (Å²) in [5, 5.41) is 18.2. The van der Waals surface area contributed by atoms with E-state index in [4.69, 9.17) is 4.74 Å². The molecule has 0 saturated carbocycles. The Hall–Kier alpha value is -3.55. The summed E-state index contributed by atoms with van der Waals surface area (Å²) in [6.45, 7) is 1.63. The van der Waals surface area contributed by atoms with Crippen molar-refractivity contribution in [2.24, 2.45) is 0 Å². The van der Waals surface area contributed by atoms with Gasteiger partial charge in [0.15, 0.2) is 0 Å². The van der Waals surface area contributed by atoms with Gasteiger partial charge in [-0.3, -0.25) is 19.7 Å². The van der Waals surface area contributed by atoms with Crippen LogP contribution in [0.15, 0.2) is 53.3 Å². The zero-order chi connectivity index (χ0) is 18.7. The molecular formula is C18H15N3O5. The Morgan fingerprint density at radius 1 is 1.23 bits per heavy atom. The zero-order valence-electron chi connectivity index (χ0n) is 13.8. The number of benzene rings is 2. The van der Waals surface area contributed by atoms with Crippen LogP contribution in [0.25, 0.3) is 10.8 Å². The quantitative estimate of drug-likeness (QED) is 0.428. The van der Waals surface area contributed by atoms with Crippen LogP contribution >= 0.6 is 0 Å². The normalized spacial score (nSPS) is 11.9. The van der Waals surface area contributed by atoms with Crippen molar-refractivity contribution in [1.29, 1.82) is 0 Å². The maximum Gasteiger partial charge on any atom is 0.312 e. The van der Waals surface area contributed by atoms with Crippen molar-refractivity contribution in [3.05, 3.63) is 80.3 Å². The van der Waals surface area contributed by atoms with E-state index in [0.717, 1.165) is 0 Å². The van der Waals surface area contributed by atoms with E-state index in [-0.39, 0.29) is 17.7 Å². The molecule has 132 valence electrons. The van der Waals surface area contributed by atoms with Gasteiger partial charge in [-0.25, -0.2) is 5.10 Å². The number of aromatic nitrogens is 2. The van der Waals surface area contributed by atoms with Gasteiger partial charge in [0.2, 0.25) is 0 Å². The van der Waals surface area contributed by atoms with E-state index in [1.54, 1.807) is 37.3 Å². The Labute approximate surface area is 147 Å². The number of non-ortho nitro benzene ring substituents is 1. The number of nitro benzene ring substituents is 1. The van der Waals surface area contributed by atoms with Gasteiger partial charge in [0.25, 0.3) is 11.2 Å². The summed E-state index contributed by atoms with van der Waals surface area (Å²) in [5.41, 5.74) is 0.518. The van der Waals surface area contributed by atoms with Crippen LogP contribution < -0.4 is 5.56 Å². The minimum atomic E-state index is -0.656. The first-order valence-corrected chi connectivity index (χ1v) is 7.86. The van der Waals surface area contributed by atoms with Gasteiger partial charge < -0.3 is 4.74 Å². The Morgan fingerprint density at radius 2 is 1.96 bits per heavy atom. The van der Waals surface area contributed by atoms with Crippen LogP contribution in [0.1, 0.15) is 24.3 Å². The monoisotopic (exact) mass is 353 g/mol. The van der Waals surface area contributed by atoms with Crippen molar-refractivity contribution in [2.75, 3.05) is 0 Å². The molecule has 0 spiro atoms. The minimum absolute atomic E-state index is 0.0707. The summed E-state index contributed by atoms with van der Waals surface area (Å²) in [5.74, 6) is -0.547. The van der Waals surface area contributed by atoms with Crippen LogP contribution in [0.4, 0.5) is 5.69 Å². The number of rotatable bonds is 5. The molecule has 0 aliphatic rings. The van der Waals surface area contributed by atoms with Crippen LogP contribution in [0.5, 0.6) is 0 Å². The van der Waals surface area contributed by atoms with Gasteiger partial charge in [-0.1, -0.05) is 30.3 Å². The Kier molecular flexibility index (Phi) is 4.74. The maximum absolute atomic E-state index is 12.3. The largest absolute Gasteiger partial charge is 0.457 e. The zero-order valence-corrected chi connectivity index (χ0v) is 13.8. The number of fused-ring (bicyclic) bond motifs is 1. The van der Waals surface area contributed by atoms with Gasteiger partial charge in [0, 0.05) is 17.5 Å². The highest BCUT2D eigenvalue weighted by Gasteiger charge is 2.17. The minimum Gasteiger partial charge on any atom is -0.457 e.